The number of piperazine rings is 1. The zero-order valence-electron chi connectivity index (χ0n) is 16.3. The SMILES string of the molecule is CCC(C)n1c(N2CCNCC2)nc2c1c(=O)n(C)c(=O)n2C1CCCO1. The van der Waals surface area contributed by atoms with Gasteiger partial charge in [0.15, 0.2) is 11.2 Å². The summed E-state index contributed by atoms with van der Waals surface area (Å²) in [5.74, 6) is 0.773. The lowest BCUT2D eigenvalue weighted by molar-refractivity contribution is 0.0550. The minimum absolute atomic E-state index is 0.100. The number of nitrogens with zero attached hydrogens (tertiary/aromatic N) is 5. The molecule has 0 aromatic carbocycles. The van der Waals surface area contributed by atoms with Crippen LogP contribution in [0.25, 0.3) is 11.2 Å². The molecule has 0 saturated carbocycles. The van der Waals surface area contributed by atoms with Gasteiger partial charge in [0.05, 0.1) is 0 Å². The molecule has 2 unspecified atom stereocenters. The van der Waals surface area contributed by atoms with Crippen LogP contribution in [0.5, 0.6) is 0 Å². The van der Waals surface area contributed by atoms with Crippen molar-refractivity contribution >= 4 is 17.1 Å². The average molecular weight is 376 g/mol. The third-order valence-corrected chi connectivity index (χ3v) is 5.73. The number of nitrogens with one attached hydrogen (secondary N) is 1. The first-order chi connectivity index (χ1) is 13.0. The molecule has 148 valence electrons. The highest BCUT2D eigenvalue weighted by atomic mass is 16.5. The number of hydrogen-bond acceptors (Lipinski definition) is 6. The van der Waals surface area contributed by atoms with Gasteiger partial charge in [-0.2, -0.15) is 4.98 Å². The highest BCUT2D eigenvalue weighted by Gasteiger charge is 2.30. The van der Waals surface area contributed by atoms with Gasteiger partial charge in [0.1, 0.15) is 6.23 Å². The van der Waals surface area contributed by atoms with Crippen LogP contribution in [0.15, 0.2) is 9.59 Å². The molecule has 0 radical (unpaired) electrons. The van der Waals surface area contributed by atoms with Crippen molar-refractivity contribution in [3.8, 4) is 0 Å². The average Bonchev–Trinajstić information content (AvgIpc) is 3.35. The van der Waals surface area contributed by atoms with Crippen LogP contribution in [0, 0.1) is 0 Å². The van der Waals surface area contributed by atoms with Gasteiger partial charge in [0.2, 0.25) is 5.95 Å². The highest BCUT2D eigenvalue weighted by Crippen LogP contribution is 2.29. The second kappa shape index (κ2) is 7.12. The summed E-state index contributed by atoms with van der Waals surface area (Å²) in [6.45, 7) is 8.21. The van der Waals surface area contributed by atoms with E-state index in [1.165, 1.54) is 11.6 Å². The quantitative estimate of drug-likeness (QED) is 0.840. The van der Waals surface area contributed by atoms with Gasteiger partial charge in [-0.05, 0) is 26.2 Å². The van der Waals surface area contributed by atoms with E-state index in [0.29, 0.717) is 17.8 Å². The molecule has 0 aliphatic carbocycles. The Morgan fingerprint density at radius 2 is 2.04 bits per heavy atom. The molecule has 4 heterocycles. The van der Waals surface area contributed by atoms with Crippen LogP contribution in [0.3, 0.4) is 0 Å². The van der Waals surface area contributed by atoms with Crippen LogP contribution >= 0.6 is 0 Å². The monoisotopic (exact) mass is 376 g/mol. The first-order valence-corrected chi connectivity index (χ1v) is 9.85. The maximum absolute atomic E-state index is 13.1. The van der Waals surface area contributed by atoms with Crippen molar-refractivity contribution in [1.82, 2.24) is 24.0 Å². The van der Waals surface area contributed by atoms with Gasteiger partial charge in [0.25, 0.3) is 5.56 Å². The summed E-state index contributed by atoms with van der Waals surface area (Å²) in [5, 5.41) is 3.35. The van der Waals surface area contributed by atoms with Crippen LogP contribution in [-0.2, 0) is 11.8 Å². The molecule has 2 aromatic rings. The maximum atomic E-state index is 13.1. The van der Waals surface area contributed by atoms with E-state index in [2.05, 4.69) is 24.1 Å². The molecule has 0 amide bonds. The minimum Gasteiger partial charge on any atom is -0.358 e. The van der Waals surface area contributed by atoms with Crippen LogP contribution in [0.4, 0.5) is 5.95 Å². The number of imidazole rings is 1. The fourth-order valence-corrected chi connectivity index (χ4v) is 3.99. The normalized spacial score (nSPS) is 21.9. The lowest BCUT2D eigenvalue weighted by Crippen LogP contribution is -2.44. The Balaban J connectivity index is 2.03. The Morgan fingerprint density at radius 3 is 2.67 bits per heavy atom. The molecule has 9 heteroatoms. The van der Waals surface area contributed by atoms with Crippen molar-refractivity contribution in [2.75, 3.05) is 37.7 Å². The summed E-state index contributed by atoms with van der Waals surface area (Å²) >= 11 is 0. The predicted octanol–water partition coefficient (Wildman–Crippen LogP) is 0.586. The van der Waals surface area contributed by atoms with Crippen LogP contribution in [0.1, 0.15) is 45.4 Å². The van der Waals surface area contributed by atoms with E-state index in [0.717, 1.165) is 51.4 Å². The van der Waals surface area contributed by atoms with E-state index in [-0.39, 0.29) is 23.5 Å². The third-order valence-electron chi connectivity index (χ3n) is 5.73. The number of rotatable bonds is 4. The largest absolute Gasteiger partial charge is 0.358 e. The van der Waals surface area contributed by atoms with E-state index in [4.69, 9.17) is 9.72 Å². The molecule has 27 heavy (non-hydrogen) atoms. The molecular weight excluding hydrogens is 348 g/mol. The van der Waals surface area contributed by atoms with E-state index in [1.54, 1.807) is 4.57 Å². The van der Waals surface area contributed by atoms with Gasteiger partial charge >= 0.3 is 5.69 Å². The fourth-order valence-electron chi connectivity index (χ4n) is 3.99. The van der Waals surface area contributed by atoms with E-state index in [9.17, 15) is 9.59 Å². The molecule has 0 bridgehead atoms. The topological polar surface area (TPSA) is 86.3 Å². The highest BCUT2D eigenvalue weighted by molar-refractivity contribution is 5.75. The Bertz CT molecular complexity index is 947. The Kier molecular flexibility index (Phi) is 4.81. The predicted molar refractivity (Wildman–Crippen MR) is 104 cm³/mol. The first kappa shape index (κ1) is 18.2. The molecule has 2 fully saturated rings. The first-order valence-electron chi connectivity index (χ1n) is 9.85. The molecular formula is C18H28N6O3. The number of fused-ring (bicyclic) bond motifs is 1. The lowest BCUT2D eigenvalue weighted by atomic mass is 10.2. The van der Waals surface area contributed by atoms with Gasteiger partial charge in [-0.3, -0.25) is 9.36 Å². The third kappa shape index (κ3) is 2.89. The standard InChI is InChI=1S/C18H28N6O3/c1-4-12(2)23-14-15(20-17(23)22-9-7-19-8-10-22)24(13-6-5-11-27-13)18(26)21(3)16(14)25/h12-13,19H,4-11H2,1-3H3. The number of ether oxygens (including phenoxy) is 1. The van der Waals surface area contributed by atoms with Gasteiger partial charge < -0.3 is 19.5 Å². The summed E-state index contributed by atoms with van der Waals surface area (Å²) in [6.07, 6.45) is 2.17. The minimum atomic E-state index is -0.361. The second-order valence-electron chi connectivity index (χ2n) is 7.43. The van der Waals surface area contributed by atoms with E-state index in [1.807, 2.05) is 4.57 Å². The van der Waals surface area contributed by atoms with Gasteiger partial charge in [-0.25, -0.2) is 9.36 Å². The summed E-state index contributed by atoms with van der Waals surface area (Å²) in [6, 6.07) is 0.100. The lowest BCUT2D eigenvalue weighted by Gasteiger charge is -2.30. The van der Waals surface area contributed by atoms with Crippen molar-refractivity contribution in [1.29, 1.82) is 0 Å². The van der Waals surface area contributed by atoms with Gasteiger partial charge in [-0.1, -0.05) is 6.92 Å². The summed E-state index contributed by atoms with van der Waals surface area (Å²) in [5.41, 5.74) is 0.290. The zero-order chi connectivity index (χ0) is 19.1. The number of aromatic nitrogens is 4. The molecule has 1 N–H and O–H groups in total. The summed E-state index contributed by atoms with van der Waals surface area (Å²) < 4.78 is 10.6. The molecule has 2 aromatic heterocycles. The van der Waals surface area contributed by atoms with Crippen LogP contribution < -0.4 is 21.5 Å². The number of hydrogen-bond donors (Lipinski definition) is 1. The summed E-state index contributed by atoms with van der Waals surface area (Å²) in [4.78, 5) is 33.0. The molecule has 9 nitrogen and oxygen atoms in total. The second-order valence-corrected chi connectivity index (χ2v) is 7.43. The van der Waals surface area contributed by atoms with E-state index < -0.39 is 0 Å². The van der Waals surface area contributed by atoms with Crippen molar-refractivity contribution in [3.63, 3.8) is 0 Å². The van der Waals surface area contributed by atoms with Crippen LogP contribution in [0.2, 0.25) is 0 Å². The smallest absolute Gasteiger partial charge is 0.334 e. The Hall–Kier alpha value is -2.13. The Morgan fingerprint density at radius 1 is 1.30 bits per heavy atom. The molecule has 2 aliphatic rings. The molecule has 2 saturated heterocycles. The molecule has 0 spiro atoms. The maximum Gasteiger partial charge on any atom is 0.334 e. The van der Waals surface area contributed by atoms with Crippen molar-refractivity contribution in [3.05, 3.63) is 20.8 Å². The Labute approximate surface area is 157 Å². The van der Waals surface area contributed by atoms with Gasteiger partial charge in [0, 0.05) is 45.9 Å². The van der Waals surface area contributed by atoms with Crippen molar-refractivity contribution in [2.24, 2.45) is 7.05 Å². The van der Waals surface area contributed by atoms with E-state index >= 15 is 0 Å². The van der Waals surface area contributed by atoms with Crippen LogP contribution in [-0.4, -0.2) is 51.5 Å². The van der Waals surface area contributed by atoms with Gasteiger partial charge in [-0.15, -0.1) is 0 Å². The zero-order valence-corrected chi connectivity index (χ0v) is 16.3. The summed E-state index contributed by atoms with van der Waals surface area (Å²) in [7, 11) is 1.54. The molecule has 2 atom stereocenters. The van der Waals surface area contributed by atoms with Crippen molar-refractivity contribution < 1.29 is 4.74 Å². The van der Waals surface area contributed by atoms with Crippen molar-refractivity contribution in [2.45, 2.75) is 45.4 Å². The fraction of sp³-hybridized carbons (Fsp3) is 0.722. The molecule has 4 rings (SSSR count). The molecule has 2 aliphatic heterocycles. The number of anilines is 1.